The molecule has 29 heavy (non-hydrogen) atoms. The van der Waals surface area contributed by atoms with Crippen molar-refractivity contribution >= 4 is 39.3 Å². The number of carbonyl (C=O) groups is 1. The minimum Gasteiger partial charge on any atom is -0.303 e. The van der Waals surface area contributed by atoms with Crippen LogP contribution in [0.25, 0.3) is 0 Å². The fourth-order valence-electron chi connectivity index (χ4n) is 2.67. The van der Waals surface area contributed by atoms with Crippen LogP contribution in [0.1, 0.15) is 16.1 Å². The third-order valence-corrected chi connectivity index (χ3v) is 4.99. The van der Waals surface area contributed by atoms with Gasteiger partial charge in [0, 0.05) is 35.4 Å². The van der Waals surface area contributed by atoms with Crippen molar-refractivity contribution in [1.82, 2.24) is 29.3 Å². The highest BCUT2D eigenvalue weighted by Crippen LogP contribution is 2.24. The number of amides is 1. The molecule has 8 nitrogen and oxygen atoms in total. The van der Waals surface area contributed by atoms with E-state index in [0.717, 1.165) is 0 Å². The molecule has 1 amide bonds. The summed E-state index contributed by atoms with van der Waals surface area (Å²) < 4.78 is 19.3. The smallest absolute Gasteiger partial charge is 0.277 e. The summed E-state index contributed by atoms with van der Waals surface area (Å²) in [5.74, 6) is -0.541. The SMILES string of the molecule is O=C(Nc1nn(Cc2c(F)cccc2Cl)cc1Br)c1ccn(Cn2cccn2)n1. The van der Waals surface area contributed by atoms with E-state index in [1.165, 1.54) is 16.8 Å². The number of halogens is 3. The maximum absolute atomic E-state index is 14.0. The number of aromatic nitrogens is 6. The van der Waals surface area contributed by atoms with E-state index in [2.05, 4.69) is 36.5 Å². The van der Waals surface area contributed by atoms with Crippen LogP contribution in [-0.4, -0.2) is 35.2 Å². The quantitative estimate of drug-likeness (QED) is 0.459. The van der Waals surface area contributed by atoms with Crippen molar-refractivity contribution in [2.24, 2.45) is 0 Å². The van der Waals surface area contributed by atoms with Gasteiger partial charge >= 0.3 is 0 Å². The van der Waals surface area contributed by atoms with Gasteiger partial charge in [-0.25, -0.2) is 4.39 Å². The van der Waals surface area contributed by atoms with Gasteiger partial charge in [-0.05, 0) is 40.2 Å². The number of carbonyl (C=O) groups excluding carboxylic acids is 1. The van der Waals surface area contributed by atoms with E-state index in [9.17, 15) is 9.18 Å². The van der Waals surface area contributed by atoms with Gasteiger partial charge in [-0.15, -0.1) is 0 Å². The van der Waals surface area contributed by atoms with Crippen molar-refractivity contribution in [3.05, 3.63) is 81.7 Å². The number of hydrogen-bond acceptors (Lipinski definition) is 4. The molecule has 1 aromatic carbocycles. The van der Waals surface area contributed by atoms with Gasteiger partial charge in [-0.2, -0.15) is 15.3 Å². The summed E-state index contributed by atoms with van der Waals surface area (Å²) in [7, 11) is 0. The summed E-state index contributed by atoms with van der Waals surface area (Å²) in [5.41, 5.74) is 0.551. The topological polar surface area (TPSA) is 82.6 Å². The average molecular weight is 479 g/mol. The van der Waals surface area contributed by atoms with Gasteiger partial charge < -0.3 is 5.32 Å². The Morgan fingerprint density at radius 2 is 2.00 bits per heavy atom. The fourth-order valence-corrected chi connectivity index (χ4v) is 3.31. The van der Waals surface area contributed by atoms with Crippen LogP contribution in [0.3, 0.4) is 0 Å². The number of nitrogens with zero attached hydrogens (tertiary/aromatic N) is 6. The predicted octanol–water partition coefficient (Wildman–Crippen LogP) is 3.64. The molecule has 3 aromatic heterocycles. The Morgan fingerprint density at radius 1 is 1.14 bits per heavy atom. The zero-order valence-corrected chi connectivity index (χ0v) is 17.2. The summed E-state index contributed by atoms with van der Waals surface area (Å²) in [6, 6.07) is 7.89. The maximum atomic E-state index is 14.0. The molecule has 0 saturated carbocycles. The monoisotopic (exact) mass is 477 g/mol. The fraction of sp³-hybridized carbons (Fsp3) is 0.111. The van der Waals surface area contributed by atoms with Crippen molar-refractivity contribution in [3.63, 3.8) is 0 Å². The van der Waals surface area contributed by atoms with E-state index in [0.29, 0.717) is 27.5 Å². The molecule has 0 atom stereocenters. The van der Waals surface area contributed by atoms with E-state index in [4.69, 9.17) is 11.6 Å². The Balaban J connectivity index is 1.46. The summed E-state index contributed by atoms with van der Waals surface area (Å²) in [6.07, 6.45) is 6.78. The van der Waals surface area contributed by atoms with Crippen molar-refractivity contribution < 1.29 is 9.18 Å². The number of anilines is 1. The standard InChI is InChI=1S/C18H14BrClFN7O/c19-13-10-28(9-12-14(20)3-1-4-15(12)21)25-17(13)23-18(29)16-5-8-27(24-16)11-26-7-2-6-22-26/h1-8,10H,9,11H2,(H,23,25,29). The first-order chi connectivity index (χ1) is 14.0. The summed E-state index contributed by atoms with van der Waals surface area (Å²) in [4.78, 5) is 12.5. The Kier molecular flexibility index (Phi) is 5.45. The Bertz CT molecular complexity index is 1130. The second-order valence-electron chi connectivity index (χ2n) is 6.10. The summed E-state index contributed by atoms with van der Waals surface area (Å²) in [5, 5.41) is 15.6. The second-order valence-corrected chi connectivity index (χ2v) is 7.37. The molecule has 1 N–H and O–H groups in total. The summed E-state index contributed by atoms with van der Waals surface area (Å²) in [6.45, 7) is 0.514. The van der Waals surface area contributed by atoms with Gasteiger partial charge in [-0.1, -0.05) is 17.7 Å². The highest BCUT2D eigenvalue weighted by Gasteiger charge is 2.16. The normalized spacial score (nSPS) is 11.0. The van der Waals surface area contributed by atoms with Crippen LogP contribution in [-0.2, 0) is 13.2 Å². The molecule has 0 bridgehead atoms. The molecule has 0 aliphatic carbocycles. The van der Waals surface area contributed by atoms with Crippen LogP contribution in [0.15, 0.2) is 59.6 Å². The van der Waals surface area contributed by atoms with E-state index in [1.807, 2.05) is 0 Å². The molecule has 0 radical (unpaired) electrons. The van der Waals surface area contributed by atoms with Crippen LogP contribution in [0.5, 0.6) is 0 Å². The lowest BCUT2D eigenvalue weighted by Crippen LogP contribution is -2.15. The molecular weight excluding hydrogens is 465 g/mol. The zero-order valence-electron chi connectivity index (χ0n) is 14.8. The van der Waals surface area contributed by atoms with Crippen molar-refractivity contribution in [2.75, 3.05) is 5.32 Å². The molecule has 3 heterocycles. The zero-order chi connectivity index (χ0) is 20.4. The molecule has 0 spiro atoms. The minimum absolute atomic E-state index is 0.123. The van der Waals surface area contributed by atoms with Crippen molar-refractivity contribution in [1.29, 1.82) is 0 Å². The predicted molar refractivity (Wildman–Crippen MR) is 108 cm³/mol. The first-order valence-corrected chi connectivity index (χ1v) is 9.65. The van der Waals surface area contributed by atoms with E-state index >= 15 is 0 Å². The van der Waals surface area contributed by atoms with E-state index in [1.54, 1.807) is 52.4 Å². The second kappa shape index (κ2) is 8.18. The Hall–Kier alpha value is -2.98. The van der Waals surface area contributed by atoms with E-state index in [-0.39, 0.29) is 12.2 Å². The highest BCUT2D eigenvalue weighted by atomic mass is 79.9. The van der Waals surface area contributed by atoms with Crippen LogP contribution in [0.4, 0.5) is 10.2 Å². The molecule has 0 saturated heterocycles. The molecular formula is C18H14BrClFN7O. The maximum Gasteiger partial charge on any atom is 0.277 e. The number of nitrogens with one attached hydrogen (secondary N) is 1. The van der Waals surface area contributed by atoms with Gasteiger partial charge in [0.1, 0.15) is 12.5 Å². The van der Waals surface area contributed by atoms with Gasteiger partial charge in [0.15, 0.2) is 11.5 Å². The molecule has 0 unspecified atom stereocenters. The van der Waals surface area contributed by atoms with Gasteiger partial charge in [0.05, 0.1) is 11.0 Å². The lowest BCUT2D eigenvalue weighted by molar-refractivity contribution is 0.102. The largest absolute Gasteiger partial charge is 0.303 e. The lowest BCUT2D eigenvalue weighted by atomic mass is 10.2. The average Bonchev–Trinajstić information content (AvgIpc) is 3.42. The van der Waals surface area contributed by atoms with Gasteiger partial charge in [0.2, 0.25) is 0 Å². The van der Waals surface area contributed by atoms with Gasteiger partial charge in [0.25, 0.3) is 5.91 Å². The third-order valence-electron chi connectivity index (χ3n) is 4.05. The van der Waals surface area contributed by atoms with Crippen LogP contribution in [0, 0.1) is 5.82 Å². The van der Waals surface area contributed by atoms with Crippen LogP contribution < -0.4 is 5.32 Å². The molecule has 148 valence electrons. The Morgan fingerprint density at radius 3 is 2.76 bits per heavy atom. The van der Waals surface area contributed by atoms with Crippen molar-refractivity contribution in [3.8, 4) is 0 Å². The van der Waals surface area contributed by atoms with Gasteiger partial charge in [-0.3, -0.25) is 18.8 Å². The first kappa shape index (κ1) is 19.3. The molecule has 0 fully saturated rings. The summed E-state index contributed by atoms with van der Waals surface area (Å²) >= 11 is 9.42. The van der Waals surface area contributed by atoms with Crippen LogP contribution >= 0.6 is 27.5 Å². The van der Waals surface area contributed by atoms with E-state index < -0.39 is 11.7 Å². The van der Waals surface area contributed by atoms with Crippen molar-refractivity contribution in [2.45, 2.75) is 13.2 Å². The number of rotatable bonds is 6. The first-order valence-electron chi connectivity index (χ1n) is 8.47. The highest BCUT2D eigenvalue weighted by molar-refractivity contribution is 9.10. The molecule has 11 heteroatoms. The minimum atomic E-state index is -0.419. The molecule has 0 aliphatic heterocycles. The Labute approximate surface area is 178 Å². The molecule has 4 rings (SSSR count). The van der Waals surface area contributed by atoms with Crippen LogP contribution in [0.2, 0.25) is 5.02 Å². The number of benzene rings is 1. The lowest BCUT2D eigenvalue weighted by Gasteiger charge is -2.06. The molecule has 4 aromatic rings. The molecule has 0 aliphatic rings. The third kappa shape index (κ3) is 4.38. The number of hydrogen-bond donors (Lipinski definition) is 1.